The maximum atomic E-state index is 12.3. The lowest BCUT2D eigenvalue weighted by Gasteiger charge is -2.25. The van der Waals surface area contributed by atoms with Crippen LogP contribution in [0, 0.1) is 0 Å². The molecule has 2 rings (SSSR count). The summed E-state index contributed by atoms with van der Waals surface area (Å²) >= 11 is 0. The summed E-state index contributed by atoms with van der Waals surface area (Å²) < 4.78 is 0. The van der Waals surface area contributed by atoms with Gasteiger partial charge < -0.3 is 10.0 Å². The van der Waals surface area contributed by atoms with E-state index in [1.165, 1.54) is 18.4 Å². The molecule has 0 spiro atoms. The van der Waals surface area contributed by atoms with Gasteiger partial charge in [0, 0.05) is 25.6 Å². The summed E-state index contributed by atoms with van der Waals surface area (Å²) in [7, 11) is 0. The number of aliphatic hydroxyl groups is 1. The summed E-state index contributed by atoms with van der Waals surface area (Å²) in [6.07, 6.45) is 11.7. The topological polar surface area (TPSA) is 40.5 Å². The molecule has 1 aliphatic heterocycles. The van der Waals surface area contributed by atoms with Crippen molar-refractivity contribution < 1.29 is 9.90 Å². The van der Waals surface area contributed by atoms with Crippen LogP contribution in [-0.2, 0) is 4.79 Å². The van der Waals surface area contributed by atoms with Crippen molar-refractivity contribution in [2.75, 3.05) is 13.2 Å². The van der Waals surface area contributed by atoms with Gasteiger partial charge in [0.05, 0.1) is 0 Å². The minimum Gasteiger partial charge on any atom is -0.396 e. The summed E-state index contributed by atoms with van der Waals surface area (Å²) in [6.45, 7) is 1.16. The Bertz CT molecular complexity index is 312. The molecule has 1 saturated heterocycles. The molecular weight excluding hydrogens is 226 g/mol. The molecule has 0 aromatic rings. The van der Waals surface area contributed by atoms with Crippen LogP contribution in [0.2, 0.25) is 0 Å². The molecule has 1 amide bonds. The van der Waals surface area contributed by atoms with E-state index in [2.05, 4.69) is 11.0 Å². The third-order valence-electron chi connectivity index (χ3n) is 4.16. The van der Waals surface area contributed by atoms with Crippen LogP contribution in [0.25, 0.3) is 0 Å². The summed E-state index contributed by atoms with van der Waals surface area (Å²) in [6, 6.07) is 0.383. The zero-order valence-corrected chi connectivity index (χ0v) is 11.2. The number of likely N-dealkylation sites (tertiary alicyclic amines) is 1. The highest BCUT2D eigenvalue weighted by molar-refractivity contribution is 5.79. The Morgan fingerprint density at radius 1 is 1.39 bits per heavy atom. The predicted molar refractivity (Wildman–Crippen MR) is 72.2 cm³/mol. The number of aliphatic hydroxyl groups excluding tert-OH is 1. The van der Waals surface area contributed by atoms with E-state index in [9.17, 15) is 4.79 Å². The first-order valence-electron chi connectivity index (χ1n) is 7.39. The number of allylic oxidation sites excluding steroid dienone is 1. The molecule has 3 heteroatoms. The lowest BCUT2D eigenvalue weighted by molar-refractivity contribution is -0.131. The molecule has 2 aliphatic rings. The highest BCUT2D eigenvalue weighted by Gasteiger charge is 2.28. The van der Waals surface area contributed by atoms with Gasteiger partial charge in [-0.2, -0.15) is 0 Å². The third kappa shape index (κ3) is 3.58. The van der Waals surface area contributed by atoms with Gasteiger partial charge in [-0.1, -0.05) is 11.6 Å². The second-order valence-electron chi connectivity index (χ2n) is 5.53. The predicted octanol–water partition coefficient (Wildman–Crippen LogP) is 2.64. The average molecular weight is 251 g/mol. The van der Waals surface area contributed by atoms with Crippen LogP contribution in [-0.4, -0.2) is 35.1 Å². The van der Waals surface area contributed by atoms with Gasteiger partial charge in [-0.25, -0.2) is 0 Å². The van der Waals surface area contributed by atoms with Crippen molar-refractivity contribution in [2.45, 2.75) is 63.8 Å². The first kappa shape index (κ1) is 13.6. The van der Waals surface area contributed by atoms with E-state index in [1.54, 1.807) is 0 Å². The van der Waals surface area contributed by atoms with Gasteiger partial charge in [0.2, 0.25) is 5.91 Å². The number of nitrogens with zero attached hydrogens (tertiary/aromatic N) is 1. The zero-order valence-electron chi connectivity index (χ0n) is 11.2. The minimum absolute atomic E-state index is 0.240. The SMILES string of the molecule is O=C(CC1=CCCCC1)N1CCCC1CCCO. The van der Waals surface area contributed by atoms with Gasteiger partial charge in [0.15, 0.2) is 0 Å². The molecule has 0 aromatic heterocycles. The standard InChI is InChI=1S/C15H25NO2/c17-11-5-9-14-8-4-10-16(14)15(18)12-13-6-2-1-3-7-13/h6,14,17H,1-5,7-12H2. The van der Waals surface area contributed by atoms with Crippen LogP contribution in [0.5, 0.6) is 0 Å². The molecule has 3 nitrogen and oxygen atoms in total. The molecule has 0 bridgehead atoms. The largest absolute Gasteiger partial charge is 0.396 e. The Morgan fingerprint density at radius 3 is 3.00 bits per heavy atom. The number of hydrogen-bond acceptors (Lipinski definition) is 2. The molecule has 0 radical (unpaired) electrons. The number of rotatable bonds is 5. The molecule has 102 valence electrons. The van der Waals surface area contributed by atoms with Gasteiger partial charge in [-0.3, -0.25) is 4.79 Å². The van der Waals surface area contributed by atoms with Gasteiger partial charge in [-0.15, -0.1) is 0 Å². The lowest BCUT2D eigenvalue weighted by atomic mass is 9.96. The fourth-order valence-electron chi connectivity index (χ4n) is 3.15. The molecule has 1 atom stereocenters. The van der Waals surface area contributed by atoms with Crippen molar-refractivity contribution in [3.05, 3.63) is 11.6 Å². The number of carbonyl (C=O) groups is 1. The molecule has 1 fully saturated rings. The summed E-state index contributed by atoms with van der Waals surface area (Å²) in [5.74, 6) is 0.309. The molecular formula is C15H25NO2. The number of hydrogen-bond donors (Lipinski definition) is 1. The van der Waals surface area contributed by atoms with Gasteiger partial charge in [0.1, 0.15) is 0 Å². The Labute approximate surface area is 110 Å². The van der Waals surface area contributed by atoms with Crippen molar-refractivity contribution in [1.82, 2.24) is 4.90 Å². The van der Waals surface area contributed by atoms with Crippen LogP contribution in [0.15, 0.2) is 11.6 Å². The Kier molecular flexibility index (Phi) is 5.24. The van der Waals surface area contributed by atoms with Crippen LogP contribution < -0.4 is 0 Å². The van der Waals surface area contributed by atoms with Gasteiger partial charge in [0.25, 0.3) is 0 Å². The fraction of sp³-hybridized carbons (Fsp3) is 0.800. The third-order valence-corrected chi connectivity index (χ3v) is 4.16. The first-order valence-corrected chi connectivity index (χ1v) is 7.39. The number of carbonyl (C=O) groups excluding carboxylic acids is 1. The molecule has 1 unspecified atom stereocenters. The molecule has 1 aliphatic carbocycles. The van der Waals surface area contributed by atoms with E-state index >= 15 is 0 Å². The van der Waals surface area contributed by atoms with Crippen LogP contribution in [0.4, 0.5) is 0 Å². The lowest BCUT2D eigenvalue weighted by Crippen LogP contribution is -2.35. The van der Waals surface area contributed by atoms with E-state index in [4.69, 9.17) is 5.11 Å². The van der Waals surface area contributed by atoms with Crippen LogP contribution in [0.1, 0.15) is 57.8 Å². The van der Waals surface area contributed by atoms with Crippen molar-refractivity contribution in [3.8, 4) is 0 Å². The maximum absolute atomic E-state index is 12.3. The van der Waals surface area contributed by atoms with Crippen molar-refractivity contribution in [3.63, 3.8) is 0 Å². The highest BCUT2D eigenvalue weighted by atomic mass is 16.3. The fourth-order valence-corrected chi connectivity index (χ4v) is 3.15. The highest BCUT2D eigenvalue weighted by Crippen LogP contribution is 2.25. The van der Waals surface area contributed by atoms with Crippen molar-refractivity contribution in [2.24, 2.45) is 0 Å². The molecule has 1 N–H and O–H groups in total. The monoisotopic (exact) mass is 251 g/mol. The normalized spacial score (nSPS) is 24.2. The summed E-state index contributed by atoms with van der Waals surface area (Å²) in [5, 5.41) is 8.90. The quantitative estimate of drug-likeness (QED) is 0.763. The first-order chi connectivity index (χ1) is 8.81. The molecule has 0 saturated carbocycles. The van der Waals surface area contributed by atoms with Gasteiger partial charge >= 0.3 is 0 Å². The second kappa shape index (κ2) is 6.93. The van der Waals surface area contributed by atoms with E-state index in [-0.39, 0.29) is 6.61 Å². The van der Waals surface area contributed by atoms with Crippen molar-refractivity contribution in [1.29, 1.82) is 0 Å². The minimum atomic E-state index is 0.240. The molecule has 1 heterocycles. The Balaban J connectivity index is 1.85. The molecule has 18 heavy (non-hydrogen) atoms. The van der Waals surface area contributed by atoms with Crippen LogP contribution >= 0.6 is 0 Å². The Hall–Kier alpha value is -0.830. The zero-order chi connectivity index (χ0) is 12.8. The Morgan fingerprint density at radius 2 is 2.28 bits per heavy atom. The number of amides is 1. The summed E-state index contributed by atoms with van der Waals surface area (Å²) in [4.78, 5) is 14.4. The van der Waals surface area contributed by atoms with Crippen LogP contribution in [0.3, 0.4) is 0 Å². The van der Waals surface area contributed by atoms with Crippen molar-refractivity contribution >= 4 is 5.91 Å². The average Bonchev–Trinajstić information content (AvgIpc) is 2.86. The van der Waals surface area contributed by atoms with Gasteiger partial charge in [-0.05, 0) is 51.4 Å². The van der Waals surface area contributed by atoms with E-state index in [0.717, 1.165) is 45.1 Å². The maximum Gasteiger partial charge on any atom is 0.226 e. The molecule has 0 aromatic carbocycles. The van der Waals surface area contributed by atoms with E-state index in [1.807, 2.05) is 0 Å². The second-order valence-corrected chi connectivity index (χ2v) is 5.53. The van der Waals surface area contributed by atoms with E-state index < -0.39 is 0 Å². The summed E-state index contributed by atoms with van der Waals surface area (Å²) in [5.41, 5.74) is 1.35. The smallest absolute Gasteiger partial charge is 0.226 e. The van der Waals surface area contributed by atoms with E-state index in [0.29, 0.717) is 18.4 Å².